The van der Waals surface area contributed by atoms with E-state index in [1.165, 1.54) is 0 Å². The summed E-state index contributed by atoms with van der Waals surface area (Å²) in [4.78, 5) is 41.9. The van der Waals surface area contributed by atoms with Crippen LogP contribution in [0.1, 0.15) is 49.4 Å². The quantitative estimate of drug-likeness (QED) is 0.601. The van der Waals surface area contributed by atoms with Gasteiger partial charge in [-0.25, -0.2) is 0 Å². The van der Waals surface area contributed by atoms with E-state index in [2.05, 4.69) is 5.32 Å². The zero-order valence-corrected chi connectivity index (χ0v) is 20.9. The van der Waals surface area contributed by atoms with Crippen LogP contribution in [0, 0.1) is 5.92 Å². The standard InChI is InChI=1S/C28H35N3O5/c1-2-35-25-19-22(11-12-24(25)36-20-26(32)30-15-7-4-8-16-30)28(34)31-17-13-21(14-18-31)27(33)29-23-9-5-3-6-10-23/h3,5-6,9-12,19,21H,2,4,7-8,13-18,20H2,1H3,(H,29,33). The molecule has 8 nitrogen and oxygen atoms in total. The van der Waals surface area contributed by atoms with E-state index in [1.807, 2.05) is 42.2 Å². The minimum Gasteiger partial charge on any atom is -0.490 e. The number of para-hydroxylation sites is 1. The Hall–Kier alpha value is -3.55. The van der Waals surface area contributed by atoms with E-state index in [1.54, 1.807) is 23.1 Å². The predicted molar refractivity (Wildman–Crippen MR) is 137 cm³/mol. The van der Waals surface area contributed by atoms with Crippen LogP contribution in [-0.2, 0) is 9.59 Å². The summed E-state index contributed by atoms with van der Waals surface area (Å²) in [6, 6.07) is 14.5. The van der Waals surface area contributed by atoms with E-state index in [0.29, 0.717) is 49.6 Å². The van der Waals surface area contributed by atoms with Crippen LogP contribution in [0.3, 0.4) is 0 Å². The third kappa shape index (κ3) is 6.56. The summed E-state index contributed by atoms with van der Waals surface area (Å²) < 4.78 is 11.5. The highest BCUT2D eigenvalue weighted by Gasteiger charge is 2.28. The van der Waals surface area contributed by atoms with E-state index in [9.17, 15) is 14.4 Å². The number of benzene rings is 2. The summed E-state index contributed by atoms with van der Waals surface area (Å²) in [5, 5.41) is 2.96. The maximum absolute atomic E-state index is 13.2. The Morgan fingerprint density at radius 1 is 0.861 bits per heavy atom. The molecule has 2 aliphatic heterocycles. The molecule has 0 radical (unpaired) electrons. The summed E-state index contributed by atoms with van der Waals surface area (Å²) in [6.45, 7) is 4.80. The number of hydrogen-bond acceptors (Lipinski definition) is 5. The monoisotopic (exact) mass is 493 g/mol. The molecule has 3 amide bonds. The molecule has 0 bridgehead atoms. The SMILES string of the molecule is CCOc1cc(C(=O)N2CCC(C(=O)Nc3ccccc3)CC2)ccc1OCC(=O)N1CCCCC1. The van der Waals surface area contributed by atoms with Gasteiger partial charge in [0.05, 0.1) is 6.61 Å². The molecule has 0 unspecified atom stereocenters. The number of nitrogens with zero attached hydrogens (tertiary/aromatic N) is 2. The maximum Gasteiger partial charge on any atom is 0.260 e. The fourth-order valence-corrected chi connectivity index (χ4v) is 4.70. The van der Waals surface area contributed by atoms with Gasteiger partial charge in [0.2, 0.25) is 5.91 Å². The average molecular weight is 494 g/mol. The van der Waals surface area contributed by atoms with Gasteiger partial charge in [-0.3, -0.25) is 14.4 Å². The van der Waals surface area contributed by atoms with E-state index in [4.69, 9.17) is 9.47 Å². The fraction of sp³-hybridized carbons (Fsp3) is 0.464. The van der Waals surface area contributed by atoms with Crippen molar-refractivity contribution in [2.75, 3.05) is 44.7 Å². The van der Waals surface area contributed by atoms with Gasteiger partial charge in [0, 0.05) is 43.3 Å². The molecule has 2 aromatic rings. The van der Waals surface area contributed by atoms with E-state index in [0.717, 1.165) is 38.0 Å². The molecule has 36 heavy (non-hydrogen) atoms. The van der Waals surface area contributed by atoms with Crippen molar-refractivity contribution < 1.29 is 23.9 Å². The Kier molecular flexibility index (Phi) is 8.81. The lowest BCUT2D eigenvalue weighted by Crippen LogP contribution is -2.41. The number of carbonyl (C=O) groups is 3. The predicted octanol–water partition coefficient (Wildman–Crippen LogP) is 3.97. The highest BCUT2D eigenvalue weighted by Crippen LogP contribution is 2.30. The first-order valence-corrected chi connectivity index (χ1v) is 12.9. The van der Waals surface area contributed by atoms with Crippen LogP contribution in [0.15, 0.2) is 48.5 Å². The smallest absolute Gasteiger partial charge is 0.260 e. The van der Waals surface area contributed by atoms with Gasteiger partial charge in [-0.15, -0.1) is 0 Å². The Bertz CT molecular complexity index is 1040. The molecule has 2 heterocycles. The van der Waals surface area contributed by atoms with Gasteiger partial charge in [-0.1, -0.05) is 18.2 Å². The number of anilines is 1. The van der Waals surface area contributed by atoms with Crippen molar-refractivity contribution in [3.8, 4) is 11.5 Å². The summed E-state index contributed by atoms with van der Waals surface area (Å²) in [6.07, 6.45) is 4.45. The lowest BCUT2D eigenvalue weighted by Gasteiger charge is -2.31. The van der Waals surface area contributed by atoms with Crippen molar-refractivity contribution >= 4 is 23.4 Å². The molecule has 0 spiro atoms. The first-order chi connectivity index (χ1) is 17.5. The second-order valence-electron chi connectivity index (χ2n) is 9.25. The van der Waals surface area contributed by atoms with Gasteiger partial charge in [0.1, 0.15) is 0 Å². The summed E-state index contributed by atoms with van der Waals surface area (Å²) in [5.41, 5.74) is 1.28. The van der Waals surface area contributed by atoms with Crippen LogP contribution in [0.4, 0.5) is 5.69 Å². The summed E-state index contributed by atoms with van der Waals surface area (Å²) in [5.74, 6) is 0.640. The van der Waals surface area contributed by atoms with Gasteiger partial charge in [-0.05, 0) is 69.4 Å². The van der Waals surface area contributed by atoms with Gasteiger partial charge in [-0.2, -0.15) is 0 Å². The molecule has 0 aliphatic carbocycles. The Labute approximate surface area is 212 Å². The molecular formula is C28H35N3O5. The van der Waals surface area contributed by atoms with Crippen molar-refractivity contribution in [3.05, 3.63) is 54.1 Å². The number of nitrogens with one attached hydrogen (secondary N) is 1. The second kappa shape index (κ2) is 12.4. The molecule has 0 atom stereocenters. The maximum atomic E-state index is 13.2. The molecule has 4 rings (SSSR count). The van der Waals surface area contributed by atoms with Gasteiger partial charge >= 0.3 is 0 Å². The minimum absolute atomic E-state index is 0.00691. The highest BCUT2D eigenvalue weighted by molar-refractivity contribution is 5.96. The molecule has 1 N–H and O–H groups in total. The Morgan fingerprint density at radius 3 is 2.28 bits per heavy atom. The van der Waals surface area contributed by atoms with Crippen molar-refractivity contribution in [1.29, 1.82) is 0 Å². The molecule has 0 aromatic heterocycles. The van der Waals surface area contributed by atoms with Crippen molar-refractivity contribution in [2.45, 2.75) is 39.0 Å². The van der Waals surface area contributed by atoms with Crippen LogP contribution >= 0.6 is 0 Å². The van der Waals surface area contributed by atoms with E-state index in [-0.39, 0.29) is 30.2 Å². The zero-order chi connectivity index (χ0) is 25.3. The van der Waals surface area contributed by atoms with Crippen molar-refractivity contribution in [2.24, 2.45) is 5.92 Å². The van der Waals surface area contributed by atoms with E-state index < -0.39 is 0 Å². The molecule has 192 valence electrons. The second-order valence-corrected chi connectivity index (χ2v) is 9.25. The summed E-state index contributed by atoms with van der Waals surface area (Å²) >= 11 is 0. The van der Waals surface area contributed by atoms with Gasteiger partial charge in [0.15, 0.2) is 18.1 Å². The highest BCUT2D eigenvalue weighted by atomic mass is 16.5. The topological polar surface area (TPSA) is 88.2 Å². The number of carbonyl (C=O) groups excluding carboxylic acids is 3. The number of hydrogen-bond donors (Lipinski definition) is 1. The molecular weight excluding hydrogens is 458 g/mol. The first kappa shape index (κ1) is 25.5. The normalized spacial score (nSPS) is 16.4. The Balaban J connectivity index is 1.32. The molecule has 2 aromatic carbocycles. The van der Waals surface area contributed by atoms with Gasteiger partial charge in [0.25, 0.3) is 11.8 Å². The fourth-order valence-electron chi connectivity index (χ4n) is 4.70. The average Bonchev–Trinajstić information content (AvgIpc) is 2.93. The third-order valence-electron chi connectivity index (χ3n) is 6.74. The lowest BCUT2D eigenvalue weighted by molar-refractivity contribution is -0.134. The number of likely N-dealkylation sites (tertiary alicyclic amines) is 2. The Morgan fingerprint density at radius 2 is 1.58 bits per heavy atom. The van der Waals surface area contributed by atoms with E-state index >= 15 is 0 Å². The zero-order valence-electron chi connectivity index (χ0n) is 20.9. The number of ether oxygens (including phenoxy) is 2. The first-order valence-electron chi connectivity index (χ1n) is 12.9. The number of piperidine rings is 2. The van der Waals surface area contributed by atoms with Crippen LogP contribution in [0.25, 0.3) is 0 Å². The number of amides is 3. The molecule has 8 heteroatoms. The lowest BCUT2D eigenvalue weighted by atomic mass is 9.95. The van der Waals surface area contributed by atoms with Crippen LogP contribution in [0.2, 0.25) is 0 Å². The van der Waals surface area contributed by atoms with Crippen LogP contribution in [-0.4, -0.2) is 66.9 Å². The molecule has 2 fully saturated rings. The summed E-state index contributed by atoms with van der Waals surface area (Å²) in [7, 11) is 0. The third-order valence-corrected chi connectivity index (χ3v) is 6.74. The van der Waals surface area contributed by atoms with Gasteiger partial charge < -0.3 is 24.6 Å². The molecule has 2 saturated heterocycles. The minimum atomic E-state index is -0.124. The largest absolute Gasteiger partial charge is 0.490 e. The van der Waals surface area contributed by atoms with Crippen molar-refractivity contribution in [3.63, 3.8) is 0 Å². The number of rotatable bonds is 8. The molecule has 2 aliphatic rings. The van der Waals surface area contributed by atoms with Crippen LogP contribution in [0.5, 0.6) is 11.5 Å². The van der Waals surface area contributed by atoms with Crippen molar-refractivity contribution in [1.82, 2.24) is 9.80 Å². The van der Waals surface area contributed by atoms with Crippen LogP contribution < -0.4 is 14.8 Å². The molecule has 0 saturated carbocycles.